The molecule has 6 nitrogen and oxygen atoms in total. The molecule has 0 spiro atoms. The van der Waals surface area contributed by atoms with Crippen molar-refractivity contribution in [3.63, 3.8) is 0 Å². The molecule has 3 rings (SSSR count). The molecule has 0 aliphatic rings. The normalized spacial score (nSPS) is 10.9. The highest BCUT2D eigenvalue weighted by atomic mass is 127. The molecular weight excluding hydrogens is 345 g/mol. The number of halogens is 1. The van der Waals surface area contributed by atoms with E-state index in [4.69, 9.17) is 5.73 Å². The van der Waals surface area contributed by atoms with E-state index in [0.717, 1.165) is 3.57 Å². The summed E-state index contributed by atoms with van der Waals surface area (Å²) in [7, 11) is 0. The minimum absolute atomic E-state index is 0.229. The third-order valence-electron chi connectivity index (χ3n) is 2.49. The monoisotopic (exact) mass is 353 g/mol. The lowest BCUT2D eigenvalue weighted by molar-refractivity contribution is 0.810. The fourth-order valence-corrected chi connectivity index (χ4v) is 2.06. The molecule has 0 fully saturated rings. The average Bonchev–Trinajstić information content (AvgIpc) is 2.77. The molecule has 90 valence electrons. The predicted molar refractivity (Wildman–Crippen MR) is 76.6 cm³/mol. The Morgan fingerprint density at radius 1 is 1.39 bits per heavy atom. The lowest BCUT2D eigenvalue weighted by Crippen LogP contribution is -2.14. The number of H-pyrrole nitrogens is 1. The summed E-state index contributed by atoms with van der Waals surface area (Å²) in [5.74, 6) is 0.389. The predicted octanol–water partition coefficient (Wildman–Crippen LogP) is 1.30. The first-order valence-electron chi connectivity index (χ1n) is 5.13. The first kappa shape index (κ1) is 11.2. The van der Waals surface area contributed by atoms with Crippen LogP contribution in [0.2, 0.25) is 0 Å². The molecule has 2 aromatic heterocycles. The quantitative estimate of drug-likeness (QED) is 0.510. The van der Waals surface area contributed by atoms with Crippen molar-refractivity contribution in [1.29, 1.82) is 0 Å². The van der Waals surface area contributed by atoms with E-state index in [2.05, 4.69) is 37.7 Å². The van der Waals surface area contributed by atoms with Gasteiger partial charge >= 0.3 is 0 Å². The highest BCUT2D eigenvalue weighted by Gasteiger charge is 2.06. The smallest absolute Gasteiger partial charge is 0.260 e. The number of fused-ring (bicyclic) bond motifs is 1. The highest BCUT2D eigenvalue weighted by Crippen LogP contribution is 2.13. The van der Waals surface area contributed by atoms with E-state index in [9.17, 15) is 4.79 Å². The van der Waals surface area contributed by atoms with Crippen LogP contribution >= 0.6 is 22.6 Å². The molecule has 0 saturated carbocycles. The number of aromatic amines is 1. The molecule has 0 atom stereocenters. The van der Waals surface area contributed by atoms with Crippen LogP contribution in [0.5, 0.6) is 0 Å². The Balaban J connectivity index is 2.28. The molecule has 2 heterocycles. The van der Waals surface area contributed by atoms with Crippen LogP contribution in [0.25, 0.3) is 16.9 Å². The van der Waals surface area contributed by atoms with Crippen LogP contribution in [0.15, 0.2) is 35.4 Å². The SMILES string of the molecule is Nc1ccc2nc(-n3cc(I)cn3)[nH]c(=O)c2c1. The van der Waals surface area contributed by atoms with Gasteiger partial charge in [-0.05, 0) is 40.8 Å². The number of anilines is 1. The molecule has 0 radical (unpaired) electrons. The van der Waals surface area contributed by atoms with E-state index in [-0.39, 0.29) is 5.56 Å². The maximum absolute atomic E-state index is 11.9. The minimum atomic E-state index is -0.229. The number of hydrogen-bond donors (Lipinski definition) is 2. The van der Waals surface area contributed by atoms with Gasteiger partial charge in [0.25, 0.3) is 5.56 Å². The van der Waals surface area contributed by atoms with Crippen molar-refractivity contribution in [2.75, 3.05) is 5.73 Å². The van der Waals surface area contributed by atoms with Crippen LogP contribution in [0.4, 0.5) is 5.69 Å². The molecule has 0 unspecified atom stereocenters. The molecular formula is C11H8IN5O. The number of nitrogens with zero attached hydrogens (tertiary/aromatic N) is 3. The number of rotatable bonds is 1. The first-order chi connectivity index (χ1) is 8.63. The van der Waals surface area contributed by atoms with E-state index in [1.807, 2.05) is 0 Å². The Labute approximate surface area is 115 Å². The summed E-state index contributed by atoms with van der Waals surface area (Å²) in [6.07, 6.45) is 3.47. The van der Waals surface area contributed by atoms with Crippen molar-refractivity contribution in [2.45, 2.75) is 0 Å². The summed E-state index contributed by atoms with van der Waals surface area (Å²) < 4.78 is 2.49. The third-order valence-corrected chi connectivity index (χ3v) is 3.04. The van der Waals surface area contributed by atoms with E-state index in [1.54, 1.807) is 30.6 Å². The standard InChI is InChI=1S/C11H8IN5O/c12-6-4-14-17(5-6)11-15-9-2-1-7(13)3-8(9)10(18)16-11/h1-5H,13H2,(H,15,16,18). The molecule has 3 N–H and O–H groups in total. The van der Waals surface area contributed by atoms with E-state index >= 15 is 0 Å². The molecule has 0 saturated heterocycles. The summed E-state index contributed by atoms with van der Waals surface area (Å²) in [5.41, 5.74) is 6.55. The van der Waals surface area contributed by atoms with Crippen LogP contribution in [0.1, 0.15) is 0 Å². The number of nitrogen functional groups attached to an aromatic ring is 1. The number of hydrogen-bond acceptors (Lipinski definition) is 4. The van der Waals surface area contributed by atoms with Crippen LogP contribution in [-0.2, 0) is 0 Å². The van der Waals surface area contributed by atoms with Gasteiger partial charge in [-0.15, -0.1) is 0 Å². The van der Waals surface area contributed by atoms with Crippen molar-refractivity contribution < 1.29 is 0 Å². The van der Waals surface area contributed by atoms with Crippen molar-refractivity contribution in [2.24, 2.45) is 0 Å². The molecule has 0 aliphatic heterocycles. The van der Waals surface area contributed by atoms with Crippen molar-refractivity contribution in [1.82, 2.24) is 19.7 Å². The van der Waals surface area contributed by atoms with Gasteiger partial charge in [0, 0.05) is 11.9 Å². The minimum Gasteiger partial charge on any atom is -0.399 e. The van der Waals surface area contributed by atoms with Gasteiger partial charge in [-0.25, -0.2) is 9.67 Å². The summed E-state index contributed by atoms with van der Waals surface area (Å²) >= 11 is 2.14. The number of aromatic nitrogens is 4. The Hall–Kier alpha value is -1.90. The lowest BCUT2D eigenvalue weighted by atomic mass is 10.2. The fraction of sp³-hybridized carbons (Fsp3) is 0. The topological polar surface area (TPSA) is 89.6 Å². The molecule has 1 aromatic carbocycles. The zero-order valence-corrected chi connectivity index (χ0v) is 11.2. The Morgan fingerprint density at radius 3 is 2.94 bits per heavy atom. The van der Waals surface area contributed by atoms with Crippen LogP contribution in [-0.4, -0.2) is 19.7 Å². The largest absolute Gasteiger partial charge is 0.399 e. The Kier molecular flexibility index (Phi) is 2.54. The van der Waals surface area contributed by atoms with Crippen LogP contribution in [0.3, 0.4) is 0 Å². The van der Waals surface area contributed by atoms with Crippen molar-refractivity contribution in [3.05, 3.63) is 44.5 Å². The van der Waals surface area contributed by atoms with Gasteiger partial charge < -0.3 is 5.73 Å². The van der Waals surface area contributed by atoms with Crippen molar-refractivity contribution in [3.8, 4) is 5.95 Å². The zero-order valence-electron chi connectivity index (χ0n) is 9.09. The second-order valence-corrected chi connectivity index (χ2v) is 5.01. The second kappa shape index (κ2) is 4.09. The number of nitrogens with two attached hydrogens (primary N) is 1. The Bertz CT molecular complexity index is 791. The maximum atomic E-state index is 11.9. The molecule has 0 amide bonds. The van der Waals surface area contributed by atoms with Gasteiger partial charge in [-0.3, -0.25) is 9.78 Å². The summed E-state index contributed by atoms with van der Waals surface area (Å²) in [4.78, 5) is 19.0. The summed E-state index contributed by atoms with van der Waals surface area (Å²) in [5, 5.41) is 4.58. The number of nitrogens with one attached hydrogen (secondary N) is 1. The zero-order chi connectivity index (χ0) is 12.7. The molecule has 0 bridgehead atoms. The molecule has 18 heavy (non-hydrogen) atoms. The fourth-order valence-electron chi connectivity index (χ4n) is 1.67. The van der Waals surface area contributed by atoms with Gasteiger partial charge in [-0.1, -0.05) is 0 Å². The number of benzene rings is 1. The first-order valence-corrected chi connectivity index (χ1v) is 6.21. The van der Waals surface area contributed by atoms with Crippen LogP contribution < -0.4 is 11.3 Å². The van der Waals surface area contributed by atoms with Crippen molar-refractivity contribution >= 4 is 39.2 Å². The summed E-state index contributed by atoms with van der Waals surface area (Å²) in [6, 6.07) is 5.04. The van der Waals surface area contributed by atoms with Crippen LogP contribution in [0, 0.1) is 3.57 Å². The second-order valence-electron chi connectivity index (χ2n) is 3.77. The van der Waals surface area contributed by atoms with Gasteiger partial charge in [0.1, 0.15) is 0 Å². The van der Waals surface area contributed by atoms with E-state index in [1.165, 1.54) is 4.68 Å². The van der Waals surface area contributed by atoms with E-state index < -0.39 is 0 Å². The van der Waals surface area contributed by atoms with E-state index in [0.29, 0.717) is 22.5 Å². The lowest BCUT2D eigenvalue weighted by Gasteiger charge is -2.02. The summed E-state index contributed by atoms with van der Waals surface area (Å²) in [6.45, 7) is 0. The van der Waals surface area contributed by atoms with Gasteiger partial charge in [0.15, 0.2) is 0 Å². The third kappa shape index (κ3) is 1.86. The maximum Gasteiger partial charge on any atom is 0.260 e. The molecule has 7 heteroatoms. The highest BCUT2D eigenvalue weighted by molar-refractivity contribution is 14.1. The molecule has 0 aliphatic carbocycles. The van der Waals surface area contributed by atoms with Gasteiger partial charge in [-0.2, -0.15) is 5.10 Å². The molecule has 3 aromatic rings. The van der Waals surface area contributed by atoms with Gasteiger partial charge in [0.05, 0.1) is 20.7 Å². The average molecular weight is 353 g/mol. The van der Waals surface area contributed by atoms with Gasteiger partial charge in [0.2, 0.25) is 5.95 Å². The Morgan fingerprint density at radius 2 is 2.22 bits per heavy atom.